The molecule has 2 rings (SSSR count). The second-order valence-corrected chi connectivity index (χ2v) is 5.51. The zero-order valence-corrected chi connectivity index (χ0v) is 12.0. The molecular weight excluding hydrogens is 274 g/mol. The summed E-state index contributed by atoms with van der Waals surface area (Å²) in [7, 11) is 0. The van der Waals surface area contributed by atoms with E-state index in [0.29, 0.717) is 24.2 Å². The number of benzene rings is 1. The number of nitrogens with zero attached hydrogens (tertiary/aromatic N) is 1. The Kier molecular flexibility index (Phi) is 4.42. The van der Waals surface area contributed by atoms with Crippen LogP contribution in [0, 0.1) is 16.0 Å². The maximum atomic E-state index is 11.4. The first-order chi connectivity index (χ1) is 9.92. The summed E-state index contributed by atoms with van der Waals surface area (Å²) < 4.78 is 0. The van der Waals surface area contributed by atoms with Crippen LogP contribution >= 0.6 is 0 Å². The van der Waals surface area contributed by atoms with E-state index in [2.05, 4.69) is 10.6 Å². The van der Waals surface area contributed by atoms with E-state index in [9.17, 15) is 20.0 Å². The molecule has 21 heavy (non-hydrogen) atoms. The molecule has 0 aromatic heterocycles. The van der Waals surface area contributed by atoms with Crippen LogP contribution in [0.3, 0.4) is 0 Å². The van der Waals surface area contributed by atoms with E-state index in [4.69, 9.17) is 0 Å². The van der Waals surface area contributed by atoms with Crippen LogP contribution < -0.4 is 10.6 Å². The number of hydrogen-bond acceptors (Lipinski definition) is 5. The summed E-state index contributed by atoms with van der Waals surface area (Å²) in [4.78, 5) is 22.1. The zero-order valence-electron chi connectivity index (χ0n) is 12.0. The van der Waals surface area contributed by atoms with Crippen molar-refractivity contribution in [2.75, 3.05) is 17.2 Å². The monoisotopic (exact) mass is 293 g/mol. The Balaban J connectivity index is 2.40. The Bertz CT molecular complexity index is 572. The smallest absolute Gasteiger partial charge is 0.294 e. The molecule has 1 heterocycles. The molecule has 114 valence electrons. The molecule has 7 heteroatoms. The van der Waals surface area contributed by atoms with Gasteiger partial charge in [0.15, 0.2) is 0 Å². The number of aryl methyl sites for hydroxylation is 1. The van der Waals surface area contributed by atoms with Gasteiger partial charge in [-0.3, -0.25) is 14.9 Å². The average Bonchev–Trinajstić information content (AvgIpc) is 2.43. The highest BCUT2D eigenvalue weighted by Gasteiger charge is 2.24. The van der Waals surface area contributed by atoms with Crippen molar-refractivity contribution in [3.63, 3.8) is 0 Å². The van der Waals surface area contributed by atoms with Gasteiger partial charge in [-0.1, -0.05) is 13.8 Å². The number of hydrogen-bond donors (Lipinski definition) is 3. The first-order valence-electron chi connectivity index (χ1n) is 6.91. The van der Waals surface area contributed by atoms with Crippen molar-refractivity contribution in [3.05, 3.63) is 27.8 Å². The third kappa shape index (κ3) is 3.30. The molecule has 0 fully saturated rings. The summed E-state index contributed by atoms with van der Waals surface area (Å²) in [5.41, 5.74) is 1.63. The lowest BCUT2D eigenvalue weighted by atomic mass is 10.00. The zero-order chi connectivity index (χ0) is 15.6. The Morgan fingerprint density at radius 2 is 2.14 bits per heavy atom. The largest absolute Gasteiger partial charge is 0.394 e. The second kappa shape index (κ2) is 6.09. The Morgan fingerprint density at radius 3 is 2.71 bits per heavy atom. The van der Waals surface area contributed by atoms with Crippen LogP contribution in [0.4, 0.5) is 17.1 Å². The standard InChI is InChI=1S/C14H19N3O4/c1-8(2)12(7-18)15-11-5-9-3-4-14(19)16-10(9)6-13(11)17(20)21/h5-6,8,12,15,18H,3-4,7H2,1-2H3,(H,16,19)/t12-/m1/s1. The number of nitro benzene ring substituents is 1. The molecule has 1 amide bonds. The maximum Gasteiger partial charge on any atom is 0.294 e. The molecule has 1 aromatic rings. The highest BCUT2D eigenvalue weighted by atomic mass is 16.6. The molecule has 1 aliphatic rings. The minimum absolute atomic E-state index is 0.102. The fourth-order valence-corrected chi connectivity index (χ4v) is 2.31. The van der Waals surface area contributed by atoms with E-state index in [-0.39, 0.29) is 30.2 Å². The number of carbonyl (C=O) groups is 1. The molecule has 0 saturated heterocycles. The molecule has 0 spiro atoms. The van der Waals surface area contributed by atoms with Gasteiger partial charge in [0.05, 0.1) is 23.3 Å². The minimum Gasteiger partial charge on any atom is -0.394 e. The third-order valence-electron chi connectivity index (χ3n) is 3.66. The number of rotatable bonds is 5. The van der Waals surface area contributed by atoms with Gasteiger partial charge in [-0.2, -0.15) is 0 Å². The van der Waals surface area contributed by atoms with Gasteiger partial charge < -0.3 is 15.7 Å². The number of anilines is 2. The third-order valence-corrected chi connectivity index (χ3v) is 3.66. The van der Waals surface area contributed by atoms with Crippen LogP contribution in [0.2, 0.25) is 0 Å². The fourth-order valence-electron chi connectivity index (χ4n) is 2.31. The predicted molar refractivity (Wildman–Crippen MR) is 79.4 cm³/mol. The van der Waals surface area contributed by atoms with Crippen molar-refractivity contribution in [2.24, 2.45) is 5.92 Å². The molecular formula is C14H19N3O4. The van der Waals surface area contributed by atoms with E-state index in [1.165, 1.54) is 6.07 Å². The molecule has 1 atom stereocenters. The summed E-state index contributed by atoms with van der Waals surface area (Å²) in [5, 5.41) is 26.3. The van der Waals surface area contributed by atoms with Crippen LogP contribution in [-0.4, -0.2) is 28.6 Å². The van der Waals surface area contributed by atoms with Gasteiger partial charge >= 0.3 is 0 Å². The van der Waals surface area contributed by atoms with Gasteiger partial charge in [-0.25, -0.2) is 0 Å². The summed E-state index contributed by atoms with van der Waals surface area (Å²) >= 11 is 0. The number of aliphatic hydroxyl groups is 1. The van der Waals surface area contributed by atoms with E-state index < -0.39 is 4.92 Å². The van der Waals surface area contributed by atoms with Crippen LogP contribution in [0.1, 0.15) is 25.8 Å². The molecule has 1 aromatic carbocycles. The van der Waals surface area contributed by atoms with Crippen molar-refractivity contribution in [1.29, 1.82) is 0 Å². The molecule has 0 unspecified atom stereocenters. The van der Waals surface area contributed by atoms with Crippen LogP contribution in [0.15, 0.2) is 12.1 Å². The topological polar surface area (TPSA) is 104 Å². The van der Waals surface area contributed by atoms with E-state index >= 15 is 0 Å². The summed E-state index contributed by atoms with van der Waals surface area (Å²) in [6.07, 6.45) is 0.928. The van der Waals surface area contributed by atoms with E-state index in [0.717, 1.165) is 5.56 Å². The van der Waals surface area contributed by atoms with Gasteiger partial charge in [0.25, 0.3) is 5.69 Å². The Labute approximate surface area is 122 Å². The molecule has 0 bridgehead atoms. The first-order valence-corrected chi connectivity index (χ1v) is 6.91. The number of nitro groups is 1. The molecule has 0 saturated carbocycles. The van der Waals surface area contributed by atoms with Crippen LogP contribution in [0.25, 0.3) is 0 Å². The number of fused-ring (bicyclic) bond motifs is 1. The summed E-state index contributed by atoms with van der Waals surface area (Å²) in [6, 6.07) is 2.81. The lowest BCUT2D eigenvalue weighted by molar-refractivity contribution is -0.383. The van der Waals surface area contributed by atoms with Crippen molar-refractivity contribution in [3.8, 4) is 0 Å². The van der Waals surface area contributed by atoms with Gasteiger partial charge in [0.2, 0.25) is 5.91 Å². The van der Waals surface area contributed by atoms with Gasteiger partial charge in [0.1, 0.15) is 5.69 Å². The van der Waals surface area contributed by atoms with Crippen molar-refractivity contribution >= 4 is 23.0 Å². The van der Waals surface area contributed by atoms with Crippen molar-refractivity contribution < 1.29 is 14.8 Å². The molecule has 1 aliphatic heterocycles. The lowest BCUT2D eigenvalue weighted by Gasteiger charge is -2.23. The molecule has 7 nitrogen and oxygen atoms in total. The molecule has 0 radical (unpaired) electrons. The second-order valence-electron chi connectivity index (χ2n) is 5.51. The van der Waals surface area contributed by atoms with Crippen LogP contribution in [0.5, 0.6) is 0 Å². The van der Waals surface area contributed by atoms with Gasteiger partial charge in [-0.05, 0) is 24.0 Å². The lowest BCUT2D eigenvalue weighted by Crippen LogP contribution is -2.30. The fraction of sp³-hybridized carbons (Fsp3) is 0.500. The Morgan fingerprint density at radius 1 is 1.43 bits per heavy atom. The van der Waals surface area contributed by atoms with E-state index in [1.54, 1.807) is 6.07 Å². The average molecular weight is 293 g/mol. The molecule has 3 N–H and O–H groups in total. The van der Waals surface area contributed by atoms with Crippen molar-refractivity contribution in [1.82, 2.24) is 0 Å². The van der Waals surface area contributed by atoms with E-state index in [1.807, 2.05) is 13.8 Å². The van der Waals surface area contributed by atoms with Gasteiger partial charge in [-0.15, -0.1) is 0 Å². The normalized spacial score (nSPS) is 15.3. The highest BCUT2D eigenvalue weighted by molar-refractivity contribution is 5.95. The maximum absolute atomic E-state index is 11.4. The summed E-state index contributed by atoms with van der Waals surface area (Å²) in [6.45, 7) is 3.75. The van der Waals surface area contributed by atoms with Gasteiger partial charge in [0, 0.05) is 12.5 Å². The summed E-state index contributed by atoms with van der Waals surface area (Å²) in [5.74, 6) is -0.00161. The highest BCUT2D eigenvalue weighted by Crippen LogP contribution is 2.34. The molecule has 0 aliphatic carbocycles. The number of nitrogens with one attached hydrogen (secondary N) is 2. The SMILES string of the molecule is CC(C)[C@@H](CO)Nc1cc2c(cc1[N+](=O)[O-])NC(=O)CC2. The number of amides is 1. The minimum atomic E-state index is -0.488. The van der Waals surface area contributed by atoms with Crippen molar-refractivity contribution in [2.45, 2.75) is 32.7 Å². The van der Waals surface area contributed by atoms with Crippen LogP contribution in [-0.2, 0) is 11.2 Å². The number of aliphatic hydroxyl groups excluding tert-OH is 1. The predicted octanol–water partition coefficient (Wildman–Crippen LogP) is 1.91. The Hall–Kier alpha value is -2.15. The quantitative estimate of drug-likeness (QED) is 0.568. The first kappa shape index (κ1) is 15.2. The number of carbonyl (C=O) groups excluding carboxylic acids is 1.